The molecule has 3 heterocycles. The van der Waals surface area contributed by atoms with Crippen molar-refractivity contribution in [1.29, 1.82) is 0 Å². The molecule has 1 aliphatic heterocycles. The number of halogens is 1. The van der Waals surface area contributed by atoms with Crippen LogP contribution in [0.4, 0.5) is 5.82 Å². The quantitative estimate of drug-likeness (QED) is 0.287. The van der Waals surface area contributed by atoms with Crippen LogP contribution in [0.15, 0.2) is 23.2 Å². The maximum Gasteiger partial charge on any atom is 0.192 e. The molecular weight excluding hydrogens is 509 g/mol. The van der Waals surface area contributed by atoms with Crippen molar-refractivity contribution in [3.05, 3.63) is 35.5 Å². The van der Waals surface area contributed by atoms with Crippen LogP contribution in [0.5, 0.6) is 0 Å². The van der Waals surface area contributed by atoms with Gasteiger partial charge in [0, 0.05) is 47.3 Å². The van der Waals surface area contributed by atoms with Gasteiger partial charge in [0.1, 0.15) is 11.6 Å². The van der Waals surface area contributed by atoms with Gasteiger partial charge in [-0.05, 0) is 19.1 Å². The van der Waals surface area contributed by atoms with Gasteiger partial charge in [0.15, 0.2) is 11.8 Å². The summed E-state index contributed by atoms with van der Waals surface area (Å²) in [5.41, 5.74) is 0.921. The molecule has 0 amide bonds. The smallest absolute Gasteiger partial charge is 0.192 e. The fraction of sp³-hybridized carbons (Fsp3) is 0.600. The van der Waals surface area contributed by atoms with E-state index in [-0.39, 0.29) is 24.0 Å². The van der Waals surface area contributed by atoms with E-state index in [1.165, 1.54) is 0 Å². The minimum Gasteiger partial charge on any atom is -0.379 e. The lowest BCUT2D eigenvalue weighted by Crippen LogP contribution is -2.44. The van der Waals surface area contributed by atoms with E-state index in [0.29, 0.717) is 13.1 Å². The van der Waals surface area contributed by atoms with Crippen LogP contribution in [0, 0.1) is 6.92 Å². The van der Waals surface area contributed by atoms with Crippen molar-refractivity contribution in [2.75, 3.05) is 58.4 Å². The van der Waals surface area contributed by atoms with Crippen molar-refractivity contribution in [2.45, 2.75) is 20.0 Å². The zero-order chi connectivity index (χ0) is 21.3. The molecule has 0 aliphatic carbocycles. The van der Waals surface area contributed by atoms with Crippen LogP contribution in [0.1, 0.15) is 17.3 Å². The molecule has 0 radical (unpaired) electrons. The fourth-order valence-corrected chi connectivity index (χ4v) is 3.06. The third-order valence-corrected chi connectivity index (χ3v) is 5.07. The van der Waals surface area contributed by atoms with Crippen LogP contribution in [0.2, 0.25) is 0 Å². The second-order valence-corrected chi connectivity index (χ2v) is 7.50. The van der Waals surface area contributed by atoms with E-state index in [2.05, 4.69) is 30.7 Å². The Bertz CT molecular complexity index is 834. The van der Waals surface area contributed by atoms with E-state index >= 15 is 0 Å². The summed E-state index contributed by atoms with van der Waals surface area (Å²) >= 11 is 0. The number of hydrogen-bond donors (Lipinski definition) is 2. The van der Waals surface area contributed by atoms with E-state index in [0.717, 1.165) is 68.5 Å². The molecule has 31 heavy (non-hydrogen) atoms. The lowest BCUT2D eigenvalue weighted by molar-refractivity contribution is 0.0389. The molecule has 1 saturated heterocycles. The Morgan fingerprint density at radius 3 is 2.65 bits per heavy atom. The maximum absolute atomic E-state index is 5.42. The number of anilines is 1. The van der Waals surface area contributed by atoms with E-state index in [1.54, 1.807) is 0 Å². The van der Waals surface area contributed by atoms with Crippen molar-refractivity contribution in [3.8, 4) is 0 Å². The van der Waals surface area contributed by atoms with Crippen LogP contribution in [-0.2, 0) is 24.9 Å². The zero-order valence-electron chi connectivity index (χ0n) is 18.8. The molecule has 0 spiro atoms. The number of aromatic nitrogens is 4. The topological polar surface area (TPSA) is 95.7 Å². The van der Waals surface area contributed by atoms with Crippen molar-refractivity contribution in [3.63, 3.8) is 0 Å². The number of aliphatic imine (C=N–C) groups is 1. The molecule has 0 aromatic carbocycles. The predicted octanol–water partition coefficient (Wildman–Crippen LogP) is 0.770. The van der Waals surface area contributed by atoms with Crippen LogP contribution >= 0.6 is 24.0 Å². The van der Waals surface area contributed by atoms with Crippen LogP contribution in [0.25, 0.3) is 0 Å². The summed E-state index contributed by atoms with van der Waals surface area (Å²) in [6, 6.07) is 5.99. The molecule has 0 bridgehead atoms. The SMILES string of the molecule is Cc1nnc(CNC(=NCc2cccc(N(C)C)n2)NCCN2CCOCC2)n1C.I. The highest BCUT2D eigenvalue weighted by Crippen LogP contribution is 2.08. The highest BCUT2D eigenvalue weighted by atomic mass is 127. The number of pyridine rings is 1. The van der Waals surface area contributed by atoms with Crippen LogP contribution < -0.4 is 15.5 Å². The first-order valence-corrected chi connectivity index (χ1v) is 10.3. The Hall–Kier alpha value is -1.99. The number of nitrogens with one attached hydrogen (secondary N) is 2. The molecule has 10 nitrogen and oxygen atoms in total. The molecule has 1 fully saturated rings. The molecule has 11 heteroatoms. The van der Waals surface area contributed by atoms with Crippen molar-refractivity contribution in [1.82, 2.24) is 35.3 Å². The summed E-state index contributed by atoms with van der Waals surface area (Å²) in [4.78, 5) is 13.8. The van der Waals surface area contributed by atoms with Gasteiger partial charge in [-0.3, -0.25) is 4.90 Å². The summed E-state index contributed by atoms with van der Waals surface area (Å²) in [5, 5.41) is 15.1. The minimum atomic E-state index is 0. The summed E-state index contributed by atoms with van der Waals surface area (Å²) < 4.78 is 7.39. The van der Waals surface area contributed by atoms with Gasteiger partial charge in [-0.1, -0.05) is 6.07 Å². The molecule has 3 rings (SSSR count). The normalized spacial score (nSPS) is 14.8. The second kappa shape index (κ2) is 12.8. The summed E-state index contributed by atoms with van der Waals surface area (Å²) in [6.07, 6.45) is 0. The van der Waals surface area contributed by atoms with E-state index < -0.39 is 0 Å². The first-order valence-electron chi connectivity index (χ1n) is 10.3. The summed E-state index contributed by atoms with van der Waals surface area (Å²) in [6.45, 7) is 8.28. The van der Waals surface area contributed by atoms with Crippen molar-refractivity contribution in [2.24, 2.45) is 12.0 Å². The Balaban J connectivity index is 0.00000341. The van der Waals surface area contributed by atoms with Gasteiger partial charge < -0.3 is 24.8 Å². The number of rotatable bonds is 8. The fourth-order valence-electron chi connectivity index (χ4n) is 3.06. The monoisotopic (exact) mass is 543 g/mol. The van der Waals surface area contributed by atoms with E-state index in [9.17, 15) is 0 Å². The van der Waals surface area contributed by atoms with Crippen molar-refractivity contribution < 1.29 is 4.74 Å². The lowest BCUT2D eigenvalue weighted by Gasteiger charge is -2.26. The molecule has 2 aromatic heterocycles. The molecule has 2 N–H and O–H groups in total. The van der Waals surface area contributed by atoms with Crippen LogP contribution in [-0.4, -0.2) is 84.1 Å². The second-order valence-electron chi connectivity index (χ2n) is 7.50. The van der Waals surface area contributed by atoms with Gasteiger partial charge in [-0.2, -0.15) is 0 Å². The maximum atomic E-state index is 5.42. The van der Waals surface area contributed by atoms with E-state index in [4.69, 9.17) is 9.73 Å². The van der Waals surface area contributed by atoms with Gasteiger partial charge in [0.2, 0.25) is 0 Å². The molecule has 2 aromatic rings. The lowest BCUT2D eigenvalue weighted by atomic mass is 10.3. The highest BCUT2D eigenvalue weighted by Gasteiger charge is 2.11. The largest absolute Gasteiger partial charge is 0.379 e. The van der Waals surface area contributed by atoms with Crippen molar-refractivity contribution >= 4 is 35.8 Å². The Labute approximate surface area is 201 Å². The third kappa shape index (κ3) is 7.89. The number of ether oxygens (including phenoxy) is 1. The minimum absolute atomic E-state index is 0. The number of aryl methyl sites for hydroxylation is 1. The standard InChI is InChI=1S/C20H33N9O.HI/c1-16-25-26-19(28(16)4)15-23-20(21-8-9-29-10-12-30-13-11-29)22-14-17-6-5-7-18(24-17)27(2)3;/h5-7H,8-15H2,1-4H3,(H2,21,22,23);1H. The van der Waals surface area contributed by atoms with Crippen LogP contribution in [0.3, 0.4) is 0 Å². The summed E-state index contributed by atoms with van der Waals surface area (Å²) in [5.74, 6) is 3.41. The molecular formula is C20H34IN9O. The highest BCUT2D eigenvalue weighted by molar-refractivity contribution is 14.0. The number of hydrogen-bond acceptors (Lipinski definition) is 7. The Kier molecular flexibility index (Phi) is 10.4. The summed E-state index contributed by atoms with van der Waals surface area (Å²) in [7, 11) is 5.93. The van der Waals surface area contributed by atoms with Gasteiger partial charge >= 0.3 is 0 Å². The molecule has 0 unspecified atom stereocenters. The molecule has 0 atom stereocenters. The van der Waals surface area contributed by atoms with Gasteiger partial charge in [0.05, 0.1) is 32.0 Å². The number of morpholine rings is 1. The Morgan fingerprint density at radius 2 is 1.97 bits per heavy atom. The molecule has 172 valence electrons. The average Bonchev–Trinajstić information content (AvgIpc) is 3.08. The molecule has 0 saturated carbocycles. The molecule has 1 aliphatic rings. The first kappa shape index (κ1) is 25.3. The van der Waals surface area contributed by atoms with E-state index in [1.807, 2.05) is 55.7 Å². The Morgan fingerprint density at radius 1 is 1.19 bits per heavy atom. The van der Waals surface area contributed by atoms with Gasteiger partial charge in [-0.25, -0.2) is 9.98 Å². The van der Waals surface area contributed by atoms with Gasteiger partial charge in [-0.15, -0.1) is 34.2 Å². The number of guanidine groups is 1. The predicted molar refractivity (Wildman–Crippen MR) is 133 cm³/mol. The zero-order valence-corrected chi connectivity index (χ0v) is 21.2. The third-order valence-electron chi connectivity index (χ3n) is 5.07. The number of nitrogens with zero attached hydrogens (tertiary/aromatic N) is 7. The average molecular weight is 543 g/mol. The van der Waals surface area contributed by atoms with Gasteiger partial charge in [0.25, 0.3) is 0 Å². The first-order chi connectivity index (χ1) is 14.5.